The first-order valence-corrected chi connectivity index (χ1v) is 12.7. The largest absolute Gasteiger partial charge is 0.205 e. The van der Waals surface area contributed by atoms with Gasteiger partial charge in [0.25, 0.3) is 0 Å². The molecular formula is C34H33F. The topological polar surface area (TPSA) is 0 Å². The molecule has 0 aliphatic rings. The molecule has 0 bridgehead atoms. The van der Waals surface area contributed by atoms with E-state index in [-0.39, 0.29) is 5.82 Å². The van der Waals surface area contributed by atoms with E-state index in [4.69, 9.17) is 0 Å². The van der Waals surface area contributed by atoms with Crippen LogP contribution in [-0.4, -0.2) is 0 Å². The Bertz CT molecular complexity index is 1330. The van der Waals surface area contributed by atoms with Gasteiger partial charge in [0.2, 0.25) is 0 Å². The Balaban J connectivity index is 1.39. The molecule has 0 saturated carbocycles. The van der Waals surface area contributed by atoms with Crippen LogP contribution in [0.4, 0.5) is 4.39 Å². The van der Waals surface area contributed by atoms with Gasteiger partial charge in [-0.2, -0.15) is 0 Å². The van der Waals surface area contributed by atoms with Gasteiger partial charge < -0.3 is 0 Å². The molecule has 0 unspecified atom stereocenters. The first-order chi connectivity index (χ1) is 17.2. The van der Waals surface area contributed by atoms with Crippen LogP contribution in [0.3, 0.4) is 0 Å². The molecule has 0 aliphatic carbocycles. The third-order valence-electron chi connectivity index (χ3n) is 6.50. The van der Waals surface area contributed by atoms with E-state index in [0.29, 0.717) is 10.9 Å². The summed E-state index contributed by atoms with van der Waals surface area (Å²) in [6.45, 7) is 5.97. The molecule has 4 aromatic carbocycles. The molecule has 0 nitrogen and oxygen atoms in total. The predicted molar refractivity (Wildman–Crippen MR) is 147 cm³/mol. The van der Waals surface area contributed by atoms with Gasteiger partial charge in [0.1, 0.15) is 5.82 Å². The van der Waals surface area contributed by atoms with Gasteiger partial charge in [-0.15, -0.1) is 6.58 Å². The van der Waals surface area contributed by atoms with Crippen molar-refractivity contribution in [1.82, 2.24) is 0 Å². The van der Waals surface area contributed by atoms with Crippen molar-refractivity contribution in [3.8, 4) is 11.8 Å². The van der Waals surface area contributed by atoms with Crippen LogP contribution in [0.5, 0.6) is 0 Å². The Morgan fingerprint density at radius 2 is 1.34 bits per heavy atom. The number of halogens is 1. The average molecular weight is 461 g/mol. The summed E-state index contributed by atoms with van der Waals surface area (Å²) in [7, 11) is 0. The lowest BCUT2D eigenvalue weighted by atomic mass is 10.0. The number of rotatable bonds is 9. The molecule has 0 N–H and O–H groups in total. The molecule has 0 heterocycles. The van der Waals surface area contributed by atoms with Crippen LogP contribution >= 0.6 is 0 Å². The van der Waals surface area contributed by atoms with Crippen LogP contribution in [0.25, 0.3) is 10.8 Å². The van der Waals surface area contributed by atoms with Crippen molar-refractivity contribution in [3.63, 3.8) is 0 Å². The molecule has 0 aromatic heterocycles. The summed E-state index contributed by atoms with van der Waals surface area (Å²) >= 11 is 0. The second kappa shape index (κ2) is 12.2. The molecule has 1 heteroatoms. The summed E-state index contributed by atoms with van der Waals surface area (Å²) < 4.78 is 15.1. The number of hydrogen-bond donors (Lipinski definition) is 0. The normalized spacial score (nSPS) is 10.7. The zero-order valence-electron chi connectivity index (χ0n) is 20.6. The molecule has 0 aliphatic heterocycles. The molecule has 35 heavy (non-hydrogen) atoms. The average Bonchev–Trinajstić information content (AvgIpc) is 2.90. The fraction of sp³-hybridized carbons (Fsp3) is 0.235. The minimum Gasteiger partial charge on any atom is -0.205 e. The summed E-state index contributed by atoms with van der Waals surface area (Å²) in [4.78, 5) is 0. The number of fused-ring (bicyclic) bond motifs is 1. The quantitative estimate of drug-likeness (QED) is 0.173. The highest BCUT2D eigenvalue weighted by Gasteiger charge is 2.06. The Hall–Kier alpha value is -3.63. The number of unbranched alkanes of at least 4 members (excludes halogenated alkanes) is 1. The van der Waals surface area contributed by atoms with E-state index in [1.165, 1.54) is 22.3 Å². The summed E-state index contributed by atoms with van der Waals surface area (Å²) in [6, 6.07) is 27.0. The van der Waals surface area contributed by atoms with Crippen LogP contribution in [0.15, 0.2) is 91.5 Å². The maximum absolute atomic E-state index is 15.1. The van der Waals surface area contributed by atoms with Crippen molar-refractivity contribution < 1.29 is 4.39 Å². The smallest absolute Gasteiger partial charge is 0.146 e. The molecule has 176 valence electrons. The Kier molecular flexibility index (Phi) is 8.53. The summed E-state index contributed by atoms with van der Waals surface area (Å²) in [5, 5.41) is 1.58. The number of hydrogen-bond acceptors (Lipinski definition) is 0. The first-order valence-electron chi connectivity index (χ1n) is 12.7. The van der Waals surface area contributed by atoms with E-state index in [9.17, 15) is 0 Å². The number of allylic oxidation sites excluding steroid dienone is 1. The molecule has 0 amide bonds. The second-order valence-corrected chi connectivity index (χ2v) is 9.18. The zero-order valence-corrected chi connectivity index (χ0v) is 20.6. The van der Waals surface area contributed by atoms with Crippen LogP contribution in [0, 0.1) is 17.7 Å². The predicted octanol–water partition coefficient (Wildman–Crippen LogP) is 8.63. The zero-order chi connectivity index (χ0) is 24.5. The second-order valence-electron chi connectivity index (χ2n) is 9.18. The van der Waals surface area contributed by atoms with E-state index in [1.807, 2.05) is 36.4 Å². The lowest BCUT2D eigenvalue weighted by molar-refractivity contribution is 0.636. The van der Waals surface area contributed by atoms with Crippen LogP contribution in [-0.2, 0) is 25.7 Å². The maximum atomic E-state index is 15.1. The molecule has 0 fully saturated rings. The fourth-order valence-electron chi connectivity index (χ4n) is 4.30. The van der Waals surface area contributed by atoms with Crippen molar-refractivity contribution in [2.45, 2.75) is 51.9 Å². The fourth-order valence-corrected chi connectivity index (χ4v) is 4.30. The van der Waals surface area contributed by atoms with Gasteiger partial charge in [-0.3, -0.25) is 0 Å². The highest BCUT2D eigenvalue weighted by atomic mass is 19.1. The SMILES string of the molecule is C=CCCc1ccc(CCc2ccc(C#Cc3ccc4cc(CCCC)ccc4c3F)cc2)cc1. The van der Waals surface area contributed by atoms with Gasteiger partial charge in [0.15, 0.2) is 0 Å². The molecule has 0 spiro atoms. The molecular weight excluding hydrogens is 427 g/mol. The lowest BCUT2D eigenvalue weighted by Gasteiger charge is -2.05. The Labute approximate surface area is 209 Å². The van der Waals surface area contributed by atoms with E-state index in [2.05, 4.69) is 67.8 Å². The highest BCUT2D eigenvalue weighted by molar-refractivity contribution is 5.85. The monoisotopic (exact) mass is 460 g/mol. The van der Waals surface area contributed by atoms with Gasteiger partial charge in [-0.25, -0.2) is 4.39 Å². The van der Waals surface area contributed by atoms with Crippen molar-refractivity contribution in [2.75, 3.05) is 0 Å². The standard InChI is InChI=1S/C34H33F/c1-3-5-7-26-9-11-27(12-10-26)13-14-28-15-17-29(18-16-28)19-21-31-22-23-32-25-30(8-6-4-2)20-24-33(32)34(31)35/h3,9-12,15-18,20,22-25H,1,4-8,13-14H2,2H3. The van der Waals surface area contributed by atoms with Gasteiger partial charge >= 0.3 is 0 Å². The van der Waals surface area contributed by atoms with E-state index in [0.717, 1.165) is 55.9 Å². The number of benzene rings is 4. The molecule has 4 rings (SSSR count). The van der Waals surface area contributed by atoms with E-state index >= 15 is 4.39 Å². The van der Waals surface area contributed by atoms with Crippen molar-refractivity contribution in [1.29, 1.82) is 0 Å². The van der Waals surface area contributed by atoms with Crippen LogP contribution in [0.1, 0.15) is 59.6 Å². The summed E-state index contributed by atoms with van der Waals surface area (Å²) in [5.41, 5.74) is 6.59. The molecule has 0 saturated heterocycles. The minimum absolute atomic E-state index is 0.232. The molecule has 0 radical (unpaired) electrons. The maximum Gasteiger partial charge on any atom is 0.146 e. The first kappa shape index (κ1) is 24.5. The third-order valence-corrected chi connectivity index (χ3v) is 6.50. The van der Waals surface area contributed by atoms with Crippen molar-refractivity contribution in [2.24, 2.45) is 0 Å². The van der Waals surface area contributed by atoms with Gasteiger partial charge in [0.05, 0.1) is 5.56 Å². The minimum atomic E-state index is -0.232. The van der Waals surface area contributed by atoms with Crippen molar-refractivity contribution in [3.05, 3.63) is 131 Å². The van der Waals surface area contributed by atoms with Crippen LogP contribution in [0.2, 0.25) is 0 Å². The van der Waals surface area contributed by atoms with E-state index < -0.39 is 0 Å². The summed E-state index contributed by atoms with van der Waals surface area (Å²) in [5.74, 6) is 5.94. The van der Waals surface area contributed by atoms with Gasteiger partial charge in [0, 0.05) is 10.9 Å². The molecule has 4 aromatic rings. The molecule has 0 atom stereocenters. The van der Waals surface area contributed by atoms with Crippen molar-refractivity contribution >= 4 is 10.8 Å². The lowest BCUT2D eigenvalue weighted by Crippen LogP contribution is -1.92. The van der Waals surface area contributed by atoms with Gasteiger partial charge in [-0.05, 0) is 84.4 Å². The van der Waals surface area contributed by atoms with Gasteiger partial charge in [-0.1, -0.05) is 91.9 Å². The highest BCUT2D eigenvalue weighted by Crippen LogP contribution is 2.23. The van der Waals surface area contributed by atoms with E-state index in [1.54, 1.807) is 6.07 Å². The Morgan fingerprint density at radius 1 is 0.714 bits per heavy atom. The van der Waals surface area contributed by atoms with Crippen LogP contribution < -0.4 is 0 Å². The summed E-state index contributed by atoms with van der Waals surface area (Å²) in [6.07, 6.45) is 9.37. The number of aryl methyl sites for hydroxylation is 4. The Morgan fingerprint density at radius 3 is 2.00 bits per heavy atom. The third kappa shape index (κ3) is 6.71.